The number of rotatable bonds is 3. The molecule has 1 aromatic rings. The first kappa shape index (κ1) is 11.6. The van der Waals surface area contributed by atoms with Gasteiger partial charge in [-0.15, -0.1) is 0 Å². The van der Waals surface area contributed by atoms with Crippen molar-refractivity contribution in [2.45, 2.75) is 18.8 Å². The molecule has 0 saturated heterocycles. The van der Waals surface area contributed by atoms with Gasteiger partial charge in [0.1, 0.15) is 11.7 Å². The van der Waals surface area contributed by atoms with Gasteiger partial charge in [0.2, 0.25) is 5.70 Å². The third-order valence-corrected chi connectivity index (χ3v) is 3.71. The summed E-state index contributed by atoms with van der Waals surface area (Å²) in [5.41, 5.74) is 24.6. The van der Waals surface area contributed by atoms with Gasteiger partial charge in [-0.25, -0.2) is 4.70 Å². The van der Waals surface area contributed by atoms with Gasteiger partial charge in [-0.1, -0.05) is 0 Å². The lowest BCUT2D eigenvalue weighted by molar-refractivity contribution is -0.362. The molecule has 96 valence electrons. The van der Waals surface area contributed by atoms with E-state index in [1.807, 2.05) is 12.1 Å². The Labute approximate surface area is 110 Å². The second-order valence-electron chi connectivity index (χ2n) is 4.91. The smallest absolute Gasteiger partial charge is 0.250 e. The zero-order valence-electron chi connectivity index (χ0n) is 10.3. The van der Waals surface area contributed by atoms with Crippen molar-refractivity contribution in [3.8, 4) is 0 Å². The average Bonchev–Trinajstić information content (AvgIpc) is 2.84. The number of hydrogen-bond donors (Lipinski definition) is 4. The number of nitrogens with zero attached hydrogens (tertiary/aromatic N) is 2. The highest BCUT2D eigenvalue weighted by Crippen LogP contribution is 2.50. The minimum Gasteiger partial charge on any atom is -0.494 e. The molecule has 0 amide bonds. The Morgan fingerprint density at radius 3 is 2.16 bits per heavy atom. The summed E-state index contributed by atoms with van der Waals surface area (Å²) < 4.78 is 1.22. The minimum atomic E-state index is -0.0480. The predicted octanol–water partition coefficient (Wildman–Crippen LogP) is 1.39. The van der Waals surface area contributed by atoms with E-state index >= 15 is 0 Å². The van der Waals surface area contributed by atoms with Crippen LogP contribution in [0.15, 0.2) is 29.6 Å². The van der Waals surface area contributed by atoms with Gasteiger partial charge in [-0.05, 0) is 30.2 Å². The van der Waals surface area contributed by atoms with E-state index in [2.05, 4.69) is 0 Å². The van der Waals surface area contributed by atoms with E-state index in [1.54, 1.807) is 6.07 Å². The van der Waals surface area contributed by atoms with Crippen LogP contribution >= 0.6 is 0 Å². The molecule has 1 heterocycles. The summed E-state index contributed by atoms with van der Waals surface area (Å²) in [4.78, 5) is 0. The van der Waals surface area contributed by atoms with Crippen molar-refractivity contribution >= 4 is 11.7 Å². The Hall–Kier alpha value is -2.50. The summed E-state index contributed by atoms with van der Waals surface area (Å²) in [5, 5.41) is 15.1. The van der Waals surface area contributed by atoms with Gasteiger partial charge in [0.05, 0.1) is 5.92 Å². The van der Waals surface area contributed by atoms with Crippen molar-refractivity contribution in [1.82, 2.24) is 0 Å². The highest BCUT2D eigenvalue weighted by Gasteiger charge is 2.49. The Balaban J connectivity index is 2.06. The van der Waals surface area contributed by atoms with Crippen LogP contribution in [0.2, 0.25) is 0 Å². The minimum absolute atomic E-state index is 0.0480. The van der Waals surface area contributed by atoms with Crippen molar-refractivity contribution in [2.75, 3.05) is 0 Å². The van der Waals surface area contributed by atoms with E-state index in [0.29, 0.717) is 11.1 Å². The fourth-order valence-corrected chi connectivity index (χ4v) is 2.69. The fourth-order valence-electron chi connectivity index (χ4n) is 2.69. The average molecular weight is 254 g/mol. The molecule has 6 heteroatoms. The fraction of sp³-hybridized carbons (Fsp3) is 0.231. The van der Waals surface area contributed by atoms with Gasteiger partial charge >= 0.3 is 0 Å². The molecule has 0 fully saturated rings. The van der Waals surface area contributed by atoms with Gasteiger partial charge in [0, 0.05) is 17.5 Å². The van der Waals surface area contributed by atoms with Gasteiger partial charge in [0.25, 0.3) is 5.70 Å². The zero-order valence-corrected chi connectivity index (χ0v) is 10.3. The largest absolute Gasteiger partial charge is 0.494 e. The van der Waals surface area contributed by atoms with Gasteiger partial charge in [-0.2, -0.15) is 0 Å². The van der Waals surface area contributed by atoms with E-state index in [0.717, 1.165) is 29.8 Å². The van der Waals surface area contributed by atoms with Crippen LogP contribution in [0.25, 0.3) is 5.53 Å². The molecule has 0 bridgehead atoms. The molecule has 1 aliphatic heterocycles. The normalized spacial score (nSPS) is 20.4. The lowest BCUT2D eigenvalue weighted by atomic mass is 9.92. The summed E-state index contributed by atoms with van der Waals surface area (Å²) in [7, 11) is 0. The summed E-state index contributed by atoms with van der Waals surface area (Å²) >= 11 is 0. The molecule has 1 unspecified atom stereocenters. The third kappa shape index (κ3) is 1.72. The summed E-state index contributed by atoms with van der Waals surface area (Å²) in [6, 6.07) is 5.31. The van der Waals surface area contributed by atoms with E-state index < -0.39 is 0 Å². The standard InChI is InChI=1S/C13H14N6/c14-12(15)7-3-6(4-8(5-7)13(16)17)9-1-2-10-11(9)19(10)18/h3-5,9H,1-2H2,(H3,14,15)(H3,16,17). The number of nitrogen functional groups attached to an aromatic ring is 2. The number of hydrogen-bond acceptors (Lipinski definition) is 2. The molecule has 0 spiro atoms. The van der Waals surface area contributed by atoms with Crippen molar-refractivity contribution in [1.29, 1.82) is 10.8 Å². The molecular formula is C13H14N6. The maximum Gasteiger partial charge on any atom is 0.250 e. The maximum atomic E-state index is 9.56. The summed E-state index contributed by atoms with van der Waals surface area (Å²) in [5.74, 6) is 0.0128. The number of nitrogens with one attached hydrogen (secondary N) is 2. The molecular weight excluding hydrogens is 240 g/mol. The van der Waals surface area contributed by atoms with E-state index in [4.69, 9.17) is 22.3 Å². The van der Waals surface area contributed by atoms with Gasteiger partial charge in [0.15, 0.2) is 0 Å². The molecule has 2 aliphatic rings. The van der Waals surface area contributed by atoms with Crippen molar-refractivity contribution < 1.29 is 4.70 Å². The topological polar surface area (TPSA) is 125 Å². The molecule has 19 heavy (non-hydrogen) atoms. The van der Waals surface area contributed by atoms with E-state index in [9.17, 15) is 5.53 Å². The SMILES string of the molecule is [N-]=[N+]1C2=C1C(c1cc(C(=N)N)cc(C(=N)N)c1)CC2. The first-order chi connectivity index (χ1) is 8.99. The van der Waals surface area contributed by atoms with E-state index in [-0.39, 0.29) is 17.6 Å². The number of benzene rings is 1. The second kappa shape index (κ2) is 3.74. The molecule has 0 radical (unpaired) electrons. The Morgan fingerprint density at radius 2 is 1.74 bits per heavy atom. The number of piperidine rings is 1. The highest BCUT2D eigenvalue weighted by atomic mass is 15.3. The van der Waals surface area contributed by atoms with Crippen LogP contribution in [0, 0.1) is 10.8 Å². The van der Waals surface area contributed by atoms with Crippen LogP contribution in [0.5, 0.6) is 0 Å². The molecule has 1 aliphatic carbocycles. The van der Waals surface area contributed by atoms with Crippen molar-refractivity contribution in [3.05, 3.63) is 51.8 Å². The zero-order chi connectivity index (χ0) is 13.7. The van der Waals surface area contributed by atoms with Crippen LogP contribution in [0.1, 0.15) is 35.4 Å². The van der Waals surface area contributed by atoms with Crippen LogP contribution in [-0.2, 0) is 0 Å². The third-order valence-electron chi connectivity index (χ3n) is 3.71. The van der Waals surface area contributed by atoms with Crippen LogP contribution < -0.4 is 11.5 Å². The summed E-state index contributed by atoms with van der Waals surface area (Å²) in [6.07, 6.45) is 1.79. The molecule has 3 rings (SSSR count). The molecule has 6 nitrogen and oxygen atoms in total. The monoisotopic (exact) mass is 254 g/mol. The lowest BCUT2D eigenvalue weighted by Gasteiger charge is -2.13. The van der Waals surface area contributed by atoms with Crippen LogP contribution in [0.3, 0.4) is 0 Å². The van der Waals surface area contributed by atoms with Gasteiger partial charge < -0.3 is 17.0 Å². The quantitative estimate of drug-likeness (QED) is 0.369. The Morgan fingerprint density at radius 1 is 1.16 bits per heavy atom. The van der Waals surface area contributed by atoms with Gasteiger partial charge in [-0.3, -0.25) is 10.8 Å². The maximum absolute atomic E-state index is 9.56. The van der Waals surface area contributed by atoms with Crippen molar-refractivity contribution in [3.63, 3.8) is 0 Å². The first-order valence-corrected chi connectivity index (χ1v) is 6.05. The predicted molar refractivity (Wildman–Crippen MR) is 71.1 cm³/mol. The second-order valence-corrected chi connectivity index (χ2v) is 4.91. The van der Waals surface area contributed by atoms with Crippen molar-refractivity contribution in [2.24, 2.45) is 11.5 Å². The lowest BCUT2D eigenvalue weighted by Crippen LogP contribution is -2.17. The molecule has 0 saturated carbocycles. The molecule has 1 aromatic carbocycles. The highest BCUT2D eigenvalue weighted by molar-refractivity contribution is 6.00. The Kier molecular flexibility index (Phi) is 2.28. The first-order valence-electron chi connectivity index (χ1n) is 6.05. The van der Waals surface area contributed by atoms with Crippen LogP contribution in [0.4, 0.5) is 0 Å². The van der Waals surface area contributed by atoms with E-state index in [1.165, 1.54) is 4.70 Å². The number of nitrogens with two attached hydrogens (primary N) is 2. The molecule has 0 aromatic heterocycles. The molecule has 1 atom stereocenters. The Bertz CT molecular complexity index is 637. The number of allylic oxidation sites excluding steroid dienone is 2. The van der Waals surface area contributed by atoms with Crippen LogP contribution in [-0.4, -0.2) is 16.4 Å². The summed E-state index contributed by atoms with van der Waals surface area (Å²) in [6.45, 7) is 0. The number of amidine groups is 2. The molecule has 6 N–H and O–H groups in total.